The highest BCUT2D eigenvalue weighted by molar-refractivity contribution is 7.81. The lowest BCUT2D eigenvalue weighted by atomic mass is 10.0. The van der Waals surface area contributed by atoms with Crippen LogP contribution < -0.4 is 15.0 Å². The molecule has 3 aromatic rings. The van der Waals surface area contributed by atoms with E-state index in [1.54, 1.807) is 35.2 Å². The van der Waals surface area contributed by atoms with Gasteiger partial charge in [0, 0.05) is 22.2 Å². The number of nitrogens with zero attached hydrogens (tertiary/aromatic N) is 1. The molecule has 0 amide bonds. The highest BCUT2D eigenvalue weighted by Gasteiger charge is 2.20. The van der Waals surface area contributed by atoms with Crippen LogP contribution in [0.1, 0.15) is 35.8 Å². The topological polar surface area (TPSA) is 59.2 Å². The van der Waals surface area contributed by atoms with Gasteiger partial charge in [-0.25, -0.2) is 0 Å². The zero-order chi connectivity index (χ0) is 20.1. The summed E-state index contributed by atoms with van der Waals surface area (Å²) >= 11 is 6.98. The van der Waals surface area contributed by atoms with Crippen LogP contribution in [0.4, 0.5) is 5.69 Å². The van der Waals surface area contributed by atoms with Gasteiger partial charge in [-0.05, 0) is 46.9 Å². The van der Waals surface area contributed by atoms with E-state index in [2.05, 4.69) is 31.3 Å². The summed E-state index contributed by atoms with van der Waals surface area (Å²) in [6.07, 6.45) is 3.48. The second-order valence-corrected chi connectivity index (χ2v) is 8.02. The average Bonchev–Trinajstić information content (AvgIpc) is 3.23. The summed E-state index contributed by atoms with van der Waals surface area (Å²) < 4.78 is 1.67. The Morgan fingerprint density at radius 3 is 2.54 bits per heavy atom. The Bertz CT molecular complexity index is 978. The SMILES string of the molecule is CC(C)c1ccc(NC(=S)C(=C([O-])c2cccs2)[n+]2cccc(CO)c2)cc1. The lowest BCUT2D eigenvalue weighted by Crippen LogP contribution is -2.40. The highest BCUT2D eigenvalue weighted by Crippen LogP contribution is 2.22. The lowest BCUT2D eigenvalue weighted by molar-refractivity contribution is -0.578. The number of hydrogen-bond donors (Lipinski definition) is 2. The molecule has 3 rings (SSSR count). The molecular weight excluding hydrogens is 388 g/mol. The Morgan fingerprint density at radius 2 is 1.93 bits per heavy atom. The van der Waals surface area contributed by atoms with Gasteiger partial charge in [0.2, 0.25) is 5.70 Å². The van der Waals surface area contributed by atoms with Crippen LogP contribution in [-0.2, 0) is 6.61 Å². The second-order valence-electron chi connectivity index (χ2n) is 6.66. The van der Waals surface area contributed by atoms with Crippen molar-refractivity contribution in [3.8, 4) is 0 Å². The van der Waals surface area contributed by atoms with E-state index < -0.39 is 0 Å². The number of rotatable bonds is 6. The maximum atomic E-state index is 13.1. The molecule has 2 heterocycles. The van der Waals surface area contributed by atoms with E-state index in [0.717, 1.165) is 5.69 Å². The molecule has 144 valence electrons. The van der Waals surface area contributed by atoms with E-state index in [4.69, 9.17) is 12.2 Å². The minimum atomic E-state index is -0.161. The Kier molecular flexibility index (Phi) is 6.57. The zero-order valence-electron chi connectivity index (χ0n) is 15.8. The first kappa shape index (κ1) is 20.2. The molecule has 0 fully saturated rings. The molecule has 0 spiro atoms. The minimum Gasteiger partial charge on any atom is -0.867 e. The van der Waals surface area contributed by atoms with Gasteiger partial charge >= 0.3 is 0 Å². The van der Waals surface area contributed by atoms with Crippen LogP contribution in [0, 0.1) is 0 Å². The van der Waals surface area contributed by atoms with Crippen LogP contribution in [0.2, 0.25) is 0 Å². The van der Waals surface area contributed by atoms with Crippen molar-refractivity contribution in [3.05, 3.63) is 82.3 Å². The van der Waals surface area contributed by atoms with Crippen molar-refractivity contribution in [3.63, 3.8) is 0 Å². The summed E-state index contributed by atoms with van der Waals surface area (Å²) in [6.45, 7) is 4.17. The van der Waals surface area contributed by atoms with E-state index in [1.807, 2.05) is 23.6 Å². The Labute approximate surface area is 174 Å². The van der Waals surface area contributed by atoms with Gasteiger partial charge in [0.05, 0.1) is 6.61 Å². The monoisotopic (exact) mass is 410 g/mol. The van der Waals surface area contributed by atoms with Crippen LogP contribution in [0.15, 0.2) is 66.3 Å². The van der Waals surface area contributed by atoms with Crippen LogP contribution in [-0.4, -0.2) is 10.1 Å². The minimum absolute atomic E-state index is 0.113. The zero-order valence-corrected chi connectivity index (χ0v) is 17.4. The van der Waals surface area contributed by atoms with E-state index >= 15 is 0 Å². The molecule has 0 unspecified atom stereocenters. The fourth-order valence-electron chi connectivity index (χ4n) is 2.76. The van der Waals surface area contributed by atoms with Gasteiger partial charge in [0.15, 0.2) is 17.4 Å². The summed E-state index contributed by atoms with van der Waals surface area (Å²) in [5, 5.41) is 27.6. The molecule has 2 N–H and O–H groups in total. The van der Waals surface area contributed by atoms with Crippen molar-refractivity contribution < 1.29 is 14.8 Å². The molecule has 0 atom stereocenters. The predicted octanol–water partition coefficient (Wildman–Crippen LogP) is 3.78. The Balaban J connectivity index is 1.99. The molecule has 4 nitrogen and oxygen atoms in total. The smallest absolute Gasteiger partial charge is 0.239 e. The Hall–Kier alpha value is -2.54. The van der Waals surface area contributed by atoms with Crippen molar-refractivity contribution in [1.29, 1.82) is 0 Å². The quantitative estimate of drug-likeness (QED) is 0.281. The lowest BCUT2D eigenvalue weighted by Gasteiger charge is -2.16. The first-order valence-electron chi connectivity index (χ1n) is 8.97. The van der Waals surface area contributed by atoms with Crippen molar-refractivity contribution in [1.82, 2.24) is 0 Å². The third-order valence-corrected chi connectivity index (χ3v) is 5.48. The summed E-state index contributed by atoms with van der Waals surface area (Å²) in [5.41, 5.74) is 3.11. The molecule has 0 radical (unpaired) electrons. The molecule has 6 heteroatoms. The first-order chi connectivity index (χ1) is 13.5. The van der Waals surface area contributed by atoms with Gasteiger partial charge in [-0.2, -0.15) is 4.57 Å². The van der Waals surface area contributed by atoms with E-state index in [-0.39, 0.29) is 12.4 Å². The molecule has 0 aliphatic heterocycles. The van der Waals surface area contributed by atoms with E-state index in [0.29, 0.717) is 27.0 Å². The van der Waals surface area contributed by atoms with E-state index in [1.165, 1.54) is 16.9 Å². The fourth-order valence-corrected chi connectivity index (χ4v) is 3.74. The number of pyridine rings is 1. The number of nitrogens with one attached hydrogen (secondary N) is 1. The number of benzene rings is 1. The molecule has 0 saturated heterocycles. The normalized spacial score (nSPS) is 12.0. The third-order valence-electron chi connectivity index (χ3n) is 4.31. The molecule has 0 aliphatic carbocycles. The van der Waals surface area contributed by atoms with Gasteiger partial charge in [0.25, 0.3) is 0 Å². The van der Waals surface area contributed by atoms with Crippen molar-refractivity contribution in [2.75, 3.05) is 5.32 Å². The molecule has 2 aromatic heterocycles. The fraction of sp³-hybridized carbons (Fsp3) is 0.182. The number of hydrogen-bond acceptors (Lipinski definition) is 4. The number of aromatic nitrogens is 1. The summed E-state index contributed by atoms with van der Waals surface area (Å²) in [6, 6.07) is 15.2. The molecule has 0 saturated carbocycles. The van der Waals surface area contributed by atoms with Gasteiger partial charge in [-0.1, -0.05) is 44.3 Å². The number of thiocarbonyl (C=S) groups is 1. The summed E-state index contributed by atoms with van der Waals surface area (Å²) in [5.74, 6) is 0.284. The van der Waals surface area contributed by atoms with Crippen LogP contribution in [0.25, 0.3) is 11.5 Å². The maximum Gasteiger partial charge on any atom is 0.239 e. The number of aliphatic hydroxyl groups excluding tert-OH is 1. The van der Waals surface area contributed by atoms with Crippen LogP contribution in [0.5, 0.6) is 0 Å². The Morgan fingerprint density at radius 1 is 1.18 bits per heavy atom. The van der Waals surface area contributed by atoms with Crippen LogP contribution in [0.3, 0.4) is 0 Å². The second kappa shape index (κ2) is 9.10. The summed E-state index contributed by atoms with van der Waals surface area (Å²) in [7, 11) is 0. The van der Waals surface area contributed by atoms with Gasteiger partial charge in [0.1, 0.15) is 0 Å². The van der Waals surface area contributed by atoms with E-state index in [9.17, 15) is 10.2 Å². The van der Waals surface area contributed by atoms with Gasteiger partial charge < -0.3 is 15.5 Å². The van der Waals surface area contributed by atoms with Gasteiger partial charge in [-0.3, -0.25) is 0 Å². The standard InChI is InChI=1S/C22H22N2O2S2/c1-15(2)17-7-9-18(10-8-17)23-22(27)20(21(26)19-6-4-12-28-19)24-11-3-5-16(13-24)14-25/h3-13,15,25H,14H2,1-2H3,(H-,23,26,27). The van der Waals surface area contributed by atoms with Crippen LogP contribution >= 0.6 is 23.6 Å². The number of thiophene rings is 1. The van der Waals surface area contributed by atoms with Crippen molar-refractivity contribution in [2.45, 2.75) is 26.4 Å². The molecule has 0 bridgehead atoms. The third kappa shape index (κ3) is 4.65. The number of aliphatic hydroxyl groups is 1. The predicted molar refractivity (Wildman–Crippen MR) is 117 cm³/mol. The molecule has 1 aromatic carbocycles. The average molecular weight is 411 g/mol. The highest BCUT2D eigenvalue weighted by atomic mass is 32.1. The van der Waals surface area contributed by atoms with Crippen molar-refractivity contribution >= 4 is 45.7 Å². The van der Waals surface area contributed by atoms with Crippen molar-refractivity contribution in [2.24, 2.45) is 0 Å². The largest absolute Gasteiger partial charge is 0.867 e. The first-order valence-corrected chi connectivity index (χ1v) is 10.3. The molecule has 0 aliphatic rings. The number of anilines is 1. The molecular formula is C22H22N2O2S2. The molecule has 28 heavy (non-hydrogen) atoms. The summed E-state index contributed by atoms with van der Waals surface area (Å²) in [4.78, 5) is 0.937. The maximum absolute atomic E-state index is 13.1. The van der Waals surface area contributed by atoms with Gasteiger partial charge in [-0.15, -0.1) is 11.3 Å².